The van der Waals surface area contributed by atoms with Crippen molar-refractivity contribution in [3.8, 4) is 0 Å². The Morgan fingerprint density at radius 2 is 1.67 bits per heavy atom. The van der Waals surface area contributed by atoms with Gasteiger partial charge in [-0.2, -0.15) is 0 Å². The lowest BCUT2D eigenvalue weighted by molar-refractivity contribution is -1.02. The van der Waals surface area contributed by atoms with E-state index in [1.165, 1.54) is 0 Å². The standard InChI is InChI=1S/C7H17NO3.ClH/c1-6(9)8(3)7(2,10-4)11-5;/h6,9H,1-5H3;1H. The van der Waals surface area contributed by atoms with E-state index in [0.717, 1.165) is 4.90 Å². The zero-order chi connectivity index (χ0) is 9.07. The van der Waals surface area contributed by atoms with Crippen molar-refractivity contribution in [2.75, 3.05) is 21.3 Å². The van der Waals surface area contributed by atoms with Gasteiger partial charge in [0.1, 0.15) is 0 Å². The molecule has 2 atom stereocenters. The molecule has 0 saturated heterocycles. The van der Waals surface area contributed by atoms with Crippen LogP contribution in [-0.2, 0) is 9.47 Å². The van der Waals surface area contributed by atoms with Crippen molar-refractivity contribution in [1.29, 1.82) is 0 Å². The van der Waals surface area contributed by atoms with Crippen molar-refractivity contribution in [2.45, 2.75) is 26.0 Å². The largest absolute Gasteiger partial charge is 1.00 e. The Hall–Kier alpha value is 0.130. The lowest BCUT2D eigenvalue weighted by Crippen LogP contribution is -3.21. The molecule has 5 heteroatoms. The van der Waals surface area contributed by atoms with E-state index in [4.69, 9.17) is 9.47 Å². The molecule has 0 aliphatic carbocycles. The predicted molar refractivity (Wildman–Crippen MR) is 41.0 cm³/mol. The molecule has 0 bridgehead atoms. The summed E-state index contributed by atoms with van der Waals surface area (Å²) in [5, 5.41) is 9.22. The average Bonchev–Trinajstić information content (AvgIpc) is 2.01. The second-order valence-electron chi connectivity index (χ2n) is 2.71. The van der Waals surface area contributed by atoms with Gasteiger partial charge in [-0.15, -0.1) is 0 Å². The fourth-order valence-corrected chi connectivity index (χ4v) is 0.785. The summed E-state index contributed by atoms with van der Waals surface area (Å²) in [6.07, 6.45) is -0.514. The molecule has 0 heterocycles. The predicted octanol–water partition coefficient (Wildman–Crippen LogP) is -4.19. The number of halogens is 1. The van der Waals surface area contributed by atoms with Crippen LogP contribution in [-0.4, -0.2) is 38.5 Å². The molecule has 0 rings (SSSR count). The third kappa shape index (κ3) is 3.25. The van der Waals surface area contributed by atoms with E-state index in [1.807, 2.05) is 0 Å². The zero-order valence-corrected chi connectivity index (χ0v) is 8.97. The molecule has 2 unspecified atom stereocenters. The molecule has 76 valence electrons. The van der Waals surface area contributed by atoms with Gasteiger partial charge in [0.2, 0.25) is 0 Å². The van der Waals surface area contributed by atoms with Crippen molar-refractivity contribution in [2.24, 2.45) is 0 Å². The van der Waals surface area contributed by atoms with Crippen LogP contribution >= 0.6 is 0 Å². The maximum atomic E-state index is 9.22. The van der Waals surface area contributed by atoms with E-state index in [2.05, 4.69) is 0 Å². The molecule has 0 radical (unpaired) electrons. The van der Waals surface area contributed by atoms with Gasteiger partial charge >= 0.3 is 5.91 Å². The molecule has 0 amide bonds. The highest BCUT2D eigenvalue weighted by Crippen LogP contribution is 1.98. The van der Waals surface area contributed by atoms with E-state index in [9.17, 15) is 5.11 Å². The van der Waals surface area contributed by atoms with Gasteiger partial charge in [0.15, 0.2) is 6.23 Å². The van der Waals surface area contributed by atoms with Gasteiger partial charge in [0.05, 0.1) is 7.05 Å². The summed E-state index contributed by atoms with van der Waals surface area (Å²) in [6, 6.07) is 0. The second kappa shape index (κ2) is 5.72. The van der Waals surface area contributed by atoms with Gasteiger partial charge in [0.25, 0.3) is 0 Å². The number of aliphatic hydroxyl groups excluding tert-OH is 1. The normalized spacial score (nSPS) is 16.5. The van der Waals surface area contributed by atoms with E-state index in [0.29, 0.717) is 0 Å². The first-order valence-corrected chi connectivity index (χ1v) is 3.60. The van der Waals surface area contributed by atoms with Crippen LogP contribution in [0.4, 0.5) is 0 Å². The molecule has 0 aromatic carbocycles. The van der Waals surface area contributed by atoms with Gasteiger partial charge in [-0.05, 0) is 0 Å². The monoisotopic (exact) mass is 199 g/mol. The lowest BCUT2D eigenvalue weighted by atomic mass is 10.4. The van der Waals surface area contributed by atoms with E-state index in [1.54, 1.807) is 35.1 Å². The van der Waals surface area contributed by atoms with E-state index < -0.39 is 12.1 Å². The molecular weight excluding hydrogens is 182 g/mol. The number of methoxy groups -OCH3 is 2. The Morgan fingerprint density at radius 1 is 1.33 bits per heavy atom. The minimum Gasteiger partial charge on any atom is -1.00 e. The van der Waals surface area contributed by atoms with Crippen LogP contribution < -0.4 is 17.3 Å². The van der Waals surface area contributed by atoms with Crippen molar-refractivity contribution >= 4 is 0 Å². The molecule has 0 fully saturated rings. The molecule has 2 N–H and O–H groups in total. The maximum Gasteiger partial charge on any atom is 0.315 e. The first kappa shape index (κ1) is 14.6. The Morgan fingerprint density at radius 3 is 1.75 bits per heavy atom. The highest BCUT2D eigenvalue weighted by atomic mass is 35.5. The SMILES string of the molecule is COC(C)(OC)[NH+](C)C(C)O.[Cl-]. The topological polar surface area (TPSA) is 43.1 Å². The number of aliphatic hydroxyl groups is 1. The summed E-state index contributed by atoms with van der Waals surface area (Å²) in [4.78, 5) is 0.766. The third-order valence-corrected chi connectivity index (χ3v) is 2.12. The average molecular weight is 200 g/mol. The molecule has 0 aromatic heterocycles. The number of quaternary nitrogens is 1. The second-order valence-corrected chi connectivity index (χ2v) is 2.71. The minimum atomic E-state index is -0.770. The Balaban J connectivity index is 0. The van der Waals surface area contributed by atoms with Crippen LogP contribution in [0.5, 0.6) is 0 Å². The molecule has 0 aliphatic rings. The van der Waals surface area contributed by atoms with E-state index >= 15 is 0 Å². The highest BCUT2D eigenvalue weighted by molar-refractivity contribution is 4.39. The third-order valence-electron chi connectivity index (χ3n) is 2.12. The van der Waals surface area contributed by atoms with E-state index in [-0.39, 0.29) is 12.4 Å². The van der Waals surface area contributed by atoms with Crippen molar-refractivity contribution in [1.82, 2.24) is 0 Å². The minimum absolute atomic E-state index is 0. The summed E-state index contributed by atoms with van der Waals surface area (Å²) in [5.74, 6) is -0.770. The van der Waals surface area contributed by atoms with Crippen LogP contribution in [0.3, 0.4) is 0 Å². The first-order chi connectivity index (χ1) is 4.98. The molecule has 4 nitrogen and oxygen atoms in total. The van der Waals surface area contributed by atoms with Gasteiger partial charge in [-0.25, -0.2) is 0 Å². The number of rotatable bonds is 4. The molecule has 0 aliphatic heterocycles. The molecule has 0 spiro atoms. The summed E-state index contributed by atoms with van der Waals surface area (Å²) >= 11 is 0. The van der Waals surface area contributed by atoms with Crippen LogP contribution in [0, 0.1) is 0 Å². The van der Waals surface area contributed by atoms with Crippen molar-refractivity contribution < 1.29 is 31.9 Å². The molecule has 0 aromatic rings. The summed E-state index contributed by atoms with van der Waals surface area (Å²) in [5.41, 5.74) is 0. The Bertz CT molecular complexity index is 117. The Kier molecular flexibility index (Phi) is 6.98. The summed E-state index contributed by atoms with van der Waals surface area (Å²) < 4.78 is 10.2. The molecule has 12 heavy (non-hydrogen) atoms. The molecule has 0 saturated carbocycles. The van der Waals surface area contributed by atoms with Crippen molar-refractivity contribution in [3.05, 3.63) is 0 Å². The van der Waals surface area contributed by atoms with Gasteiger partial charge < -0.3 is 27.0 Å². The van der Waals surface area contributed by atoms with Crippen LogP contribution in [0.2, 0.25) is 0 Å². The zero-order valence-electron chi connectivity index (χ0n) is 8.22. The maximum absolute atomic E-state index is 9.22. The van der Waals surface area contributed by atoms with Crippen molar-refractivity contribution in [3.63, 3.8) is 0 Å². The fourth-order valence-electron chi connectivity index (χ4n) is 0.785. The smallest absolute Gasteiger partial charge is 0.315 e. The van der Waals surface area contributed by atoms with Crippen LogP contribution in [0.15, 0.2) is 0 Å². The number of hydrogen-bond acceptors (Lipinski definition) is 3. The lowest BCUT2D eigenvalue weighted by Gasteiger charge is -2.33. The van der Waals surface area contributed by atoms with Gasteiger partial charge in [-0.3, -0.25) is 4.90 Å². The quantitative estimate of drug-likeness (QED) is 0.452. The number of hydrogen-bond donors (Lipinski definition) is 2. The Labute approximate surface area is 79.9 Å². The first-order valence-electron chi connectivity index (χ1n) is 3.60. The van der Waals surface area contributed by atoms with Gasteiger partial charge in [-0.1, -0.05) is 0 Å². The highest BCUT2D eigenvalue weighted by Gasteiger charge is 2.35. The summed E-state index contributed by atoms with van der Waals surface area (Å²) in [7, 11) is 4.91. The molecular formula is C7H18ClNO3. The number of ether oxygens (including phenoxy) is 2. The summed E-state index contributed by atoms with van der Waals surface area (Å²) in [6.45, 7) is 3.46. The number of nitrogens with one attached hydrogen (secondary N) is 1. The fraction of sp³-hybridized carbons (Fsp3) is 1.00. The van der Waals surface area contributed by atoms with Crippen LogP contribution in [0.1, 0.15) is 13.8 Å². The van der Waals surface area contributed by atoms with Crippen LogP contribution in [0.25, 0.3) is 0 Å². The van der Waals surface area contributed by atoms with Gasteiger partial charge in [0, 0.05) is 28.1 Å².